The number of benzene rings is 1. The number of carbonyl (C=O) groups excluding carboxylic acids is 1. The SMILES string of the molecule is O=C(NCc1cccnn1)c1ccc2sc(C(F)(F)P(=O)(O)O)c(Br)c2c1. The van der Waals surface area contributed by atoms with Gasteiger partial charge >= 0.3 is 13.3 Å². The molecule has 1 amide bonds. The van der Waals surface area contributed by atoms with Crippen molar-refractivity contribution >= 4 is 50.9 Å². The van der Waals surface area contributed by atoms with Crippen molar-refractivity contribution in [2.45, 2.75) is 12.2 Å². The van der Waals surface area contributed by atoms with Gasteiger partial charge in [-0.1, -0.05) is 0 Å². The minimum absolute atomic E-state index is 0.136. The van der Waals surface area contributed by atoms with Crippen molar-refractivity contribution in [3.8, 4) is 0 Å². The number of nitrogens with zero attached hydrogens (tertiary/aromatic N) is 2. The summed E-state index contributed by atoms with van der Waals surface area (Å²) in [6.45, 7) is 0.136. The average Bonchev–Trinajstić information content (AvgIpc) is 2.96. The number of fused-ring (bicyclic) bond motifs is 1. The smallest absolute Gasteiger partial charge is 0.346 e. The minimum atomic E-state index is -5.69. The van der Waals surface area contributed by atoms with Crippen LogP contribution in [0.2, 0.25) is 0 Å². The summed E-state index contributed by atoms with van der Waals surface area (Å²) < 4.78 is 39.4. The molecule has 3 rings (SSSR count). The molecule has 0 atom stereocenters. The van der Waals surface area contributed by atoms with E-state index in [1.807, 2.05) is 0 Å². The van der Waals surface area contributed by atoms with Gasteiger partial charge in [0.25, 0.3) is 5.91 Å². The van der Waals surface area contributed by atoms with Crippen molar-refractivity contribution in [2.75, 3.05) is 0 Å². The maximum Gasteiger partial charge on any atom is 0.400 e. The Kier molecular flexibility index (Phi) is 5.42. The first-order valence-electron chi connectivity index (χ1n) is 7.32. The zero-order valence-electron chi connectivity index (χ0n) is 13.3. The van der Waals surface area contributed by atoms with E-state index in [1.54, 1.807) is 12.1 Å². The highest BCUT2D eigenvalue weighted by molar-refractivity contribution is 9.10. The van der Waals surface area contributed by atoms with E-state index in [0.29, 0.717) is 21.7 Å². The Bertz CT molecular complexity index is 1060. The fourth-order valence-electron chi connectivity index (χ4n) is 2.24. The van der Waals surface area contributed by atoms with Crippen LogP contribution in [0.5, 0.6) is 0 Å². The first-order chi connectivity index (χ1) is 12.6. The van der Waals surface area contributed by atoms with Gasteiger partial charge in [-0.2, -0.15) is 19.0 Å². The van der Waals surface area contributed by atoms with Crippen LogP contribution in [-0.4, -0.2) is 25.9 Å². The second-order valence-electron chi connectivity index (χ2n) is 5.44. The Hall–Kier alpha value is -1.78. The van der Waals surface area contributed by atoms with Gasteiger partial charge in [-0.15, -0.1) is 11.3 Å². The number of hydrogen-bond donors (Lipinski definition) is 3. The normalized spacial score (nSPS) is 12.3. The summed E-state index contributed by atoms with van der Waals surface area (Å²) in [5.74, 6) is -0.455. The monoisotopic (exact) mass is 477 g/mol. The fraction of sp³-hybridized carbons (Fsp3) is 0.133. The van der Waals surface area contributed by atoms with Gasteiger partial charge in [-0.25, -0.2) is 0 Å². The first kappa shape index (κ1) is 20.0. The number of hydrogen-bond acceptors (Lipinski definition) is 5. The molecule has 0 spiro atoms. The van der Waals surface area contributed by atoms with Crippen molar-refractivity contribution in [3.05, 3.63) is 57.1 Å². The molecule has 0 radical (unpaired) electrons. The third-order valence-corrected chi connectivity index (χ3v) is 7.02. The van der Waals surface area contributed by atoms with Crippen LogP contribution in [0.15, 0.2) is 41.0 Å². The quantitative estimate of drug-likeness (QED) is 0.484. The lowest BCUT2D eigenvalue weighted by Crippen LogP contribution is -2.23. The summed E-state index contributed by atoms with van der Waals surface area (Å²) in [7, 11) is -5.69. The molecule has 2 heterocycles. The van der Waals surface area contributed by atoms with Crippen LogP contribution in [0.4, 0.5) is 8.78 Å². The molecule has 0 saturated heterocycles. The van der Waals surface area contributed by atoms with Crippen LogP contribution in [-0.2, 0) is 16.8 Å². The Morgan fingerprint density at radius 1 is 1.33 bits per heavy atom. The molecule has 3 aromatic rings. The van der Waals surface area contributed by atoms with Crippen molar-refractivity contribution in [1.82, 2.24) is 15.5 Å². The van der Waals surface area contributed by atoms with Gasteiger partial charge in [0.05, 0.1) is 12.2 Å². The number of alkyl halides is 2. The molecule has 7 nitrogen and oxygen atoms in total. The van der Waals surface area contributed by atoms with Gasteiger partial charge < -0.3 is 15.1 Å². The predicted octanol–water partition coefficient (Wildman–Crippen LogP) is 3.61. The van der Waals surface area contributed by atoms with Crippen LogP contribution in [0.3, 0.4) is 0 Å². The fourth-order valence-corrected chi connectivity index (χ4v) is 5.16. The van der Waals surface area contributed by atoms with Crippen molar-refractivity contribution in [1.29, 1.82) is 0 Å². The summed E-state index contributed by atoms with van der Waals surface area (Å²) in [6.07, 6.45) is 1.50. The molecule has 2 aromatic heterocycles. The number of carbonyl (C=O) groups is 1. The molecule has 0 unspecified atom stereocenters. The molecular weight excluding hydrogens is 467 g/mol. The van der Waals surface area contributed by atoms with Gasteiger partial charge in [0.15, 0.2) is 0 Å². The highest BCUT2D eigenvalue weighted by atomic mass is 79.9. The zero-order chi connectivity index (χ0) is 19.8. The van der Waals surface area contributed by atoms with Crippen LogP contribution >= 0.6 is 34.9 Å². The van der Waals surface area contributed by atoms with E-state index in [2.05, 4.69) is 31.4 Å². The van der Waals surface area contributed by atoms with Crippen LogP contribution < -0.4 is 5.32 Å². The summed E-state index contributed by atoms with van der Waals surface area (Å²) in [5.41, 5.74) is -3.58. The molecule has 0 saturated carbocycles. The van der Waals surface area contributed by atoms with E-state index in [9.17, 15) is 18.1 Å². The number of amides is 1. The summed E-state index contributed by atoms with van der Waals surface area (Å²) in [5, 5.41) is 10.4. The molecule has 27 heavy (non-hydrogen) atoms. The molecule has 0 fully saturated rings. The molecule has 1 aromatic carbocycles. The molecule has 12 heteroatoms. The predicted molar refractivity (Wildman–Crippen MR) is 98.7 cm³/mol. The molecular formula is C15H11BrF2N3O4PS. The third-order valence-electron chi connectivity index (χ3n) is 3.59. The maximum atomic E-state index is 14.1. The van der Waals surface area contributed by atoms with Crippen LogP contribution in [0.25, 0.3) is 10.1 Å². The van der Waals surface area contributed by atoms with Gasteiger partial charge in [0.2, 0.25) is 0 Å². The van der Waals surface area contributed by atoms with Crippen molar-refractivity contribution < 1.29 is 27.9 Å². The molecule has 0 aliphatic heterocycles. The molecule has 0 aliphatic carbocycles. The number of thiophene rings is 1. The number of aromatic nitrogens is 2. The molecule has 3 N–H and O–H groups in total. The second-order valence-corrected chi connectivity index (χ2v) is 8.93. The van der Waals surface area contributed by atoms with E-state index in [-0.39, 0.29) is 22.0 Å². The summed E-state index contributed by atoms with van der Waals surface area (Å²) in [6, 6.07) is 7.62. The molecule has 0 aliphatic rings. The lowest BCUT2D eigenvalue weighted by Gasteiger charge is -2.16. The van der Waals surface area contributed by atoms with E-state index < -0.39 is 24.0 Å². The van der Waals surface area contributed by atoms with Crippen LogP contribution in [0, 0.1) is 0 Å². The van der Waals surface area contributed by atoms with Crippen LogP contribution in [0.1, 0.15) is 20.9 Å². The third kappa shape index (κ3) is 3.92. The number of rotatable bonds is 5. The van der Waals surface area contributed by atoms with Crippen molar-refractivity contribution in [2.24, 2.45) is 0 Å². The van der Waals surface area contributed by atoms with Gasteiger partial charge in [-0.3, -0.25) is 9.36 Å². The lowest BCUT2D eigenvalue weighted by molar-refractivity contribution is 0.0595. The molecule has 142 valence electrons. The van der Waals surface area contributed by atoms with Gasteiger partial charge in [-0.05, 0) is 46.3 Å². The average molecular weight is 478 g/mol. The highest BCUT2D eigenvalue weighted by Crippen LogP contribution is 2.62. The zero-order valence-corrected chi connectivity index (χ0v) is 16.6. The topological polar surface area (TPSA) is 112 Å². The Morgan fingerprint density at radius 3 is 2.70 bits per heavy atom. The number of halogens is 3. The molecule has 0 bridgehead atoms. The van der Waals surface area contributed by atoms with E-state index >= 15 is 0 Å². The summed E-state index contributed by atoms with van der Waals surface area (Å²) in [4.78, 5) is 29.4. The Balaban J connectivity index is 1.90. The Morgan fingerprint density at radius 2 is 2.07 bits per heavy atom. The lowest BCUT2D eigenvalue weighted by atomic mass is 10.1. The first-order valence-corrected chi connectivity index (χ1v) is 10.5. The van der Waals surface area contributed by atoms with E-state index in [1.165, 1.54) is 24.4 Å². The van der Waals surface area contributed by atoms with Gasteiger partial charge in [0, 0.05) is 26.3 Å². The number of nitrogens with one attached hydrogen (secondary N) is 1. The van der Waals surface area contributed by atoms with E-state index in [4.69, 9.17) is 9.79 Å². The Labute approximate surface area is 163 Å². The highest BCUT2D eigenvalue weighted by Gasteiger charge is 2.53. The standard InChI is InChI=1S/C15H11BrF2N3O4PS/c16-12-10-6-8(14(22)19-7-9-2-1-5-20-21-9)3-4-11(10)27-13(12)15(17,18)26(23,24)25/h1-6H,7H2,(H,19,22)(H2,23,24,25). The van der Waals surface area contributed by atoms with Gasteiger partial charge in [0.1, 0.15) is 4.88 Å². The second kappa shape index (κ2) is 7.33. The van der Waals surface area contributed by atoms with E-state index in [0.717, 1.165) is 0 Å². The summed E-state index contributed by atoms with van der Waals surface area (Å²) >= 11 is 3.53. The largest absolute Gasteiger partial charge is 0.400 e. The maximum absolute atomic E-state index is 14.1. The minimum Gasteiger partial charge on any atom is -0.346 e. The van der Waals surface area contributed by atoms with Crippen molar-refractivity contribution in [3.63, 3.8) is 0 Å².